The fourth-order valence-electron chi connectivity index (χ4n) is 3.44. The molecule has 29 heavy (non-hydrogen) atoms. The molecular weight excluding hydrogens is 407 g/mol. The Hall–Kier alpha value is -1.94. The highest BCUT2D eigenvalue weighted by atomic mass is 35.5. The van der Waals surface area contributed by atoms with E-state index in [-0.39, 0.29) is 5.69 Å². The molecule has 10 heteroatoms. The van der Waals surface area contributed by atoms with E-state index < -0.39 is 17.5 Å². The van der Waals surface area contributed by atoms with E-state index >= 15 is 0 Å². The number of fused-ring (bicyclic) bond motifs is 1. The van der Waals surface area contributed by atoms with Gasteiger partial charge < -0.3 is 11.1 Å². The van der Waals surface area contributed by atoms with E-state index in [4.69, 9.17) is 17.3 Å². The molecule has 0 amide bonds. The van der Waals surface area contributed by atoms with E-state index in [1.165, 1.54) is 0 Å². The lowest BCUT2D eigenvalue weighted by molar-refractivity contribution is -0.0884. The smallest absolute Gasteiger partial charge is 0.383 e. The number of nitrogens with one attached hydrogen (secondary N) is 1. The van der Waals surface area contributed by atoms with Crippen molar-refractivity contribution in [3.8, 4) is 0 Å². The van der Waals surface area contributed by atoms with Gasteiger partial charge in [-0.2, -0.15) is 13.2 Å². The Morgan fingerprint density at radius 2 is 1.83 bits per heavy atom. The molecule has 158 valence electrons. The number of ketones is 1. The van der Waals surface area contributed by atoms with Gasteiger partial charge in [0.05, 0.1) is 16.8 Å². The van der Waals surface area contributed by atoms with Crippen LogP contribution in [0.2, 0.25) is 5.02 Å². The number of Topliss-reactive ketones (excluding diaryl/α,β-unsaturated/α-hetero) is 1. The third kappa shape index (κ3) is 5.36. The summed E-state index contributed by atoms with van der Waals surface area (Å²) >= 11 is 5.96. The number of alkyl halides is 3. The summed E-state index contributed by atoms with van der Waals surface area (Å²) in [5.41, 5.74) is 5.65. The third-order valence-corrected chi connectivity index (χ3v) is 5.21. The third-order valence-electron chi connectivity index (χ3n) is 4.97. The quantitative estimate of drug-likeness (QED) is 0.659. The van der Waals surface area contributed by atoms with Gasteiger partial charge in [0.2, 0.25) is 0 Å². The maximum absolute atomic E-state index is 13.0. The maximum Gasteiger partial charge on any atom is 0.455 e. The minimum Gasteiger partial charge on any atom is -0.383 e. The Morgan fingerprint density at radius 1 is 1.17 bits per heavy atom. The number of halogens is 4. The number of pyridine rings is 1. The van der Waals surface area contributed by atoms with Crippen molar-refractivity contribution in [1.82, 2.24) is 14.8 Å². The second-order valence-electron chi connectivity index (χ2n) is 6.93. The number of aromatic nitrogens is 1. The summed E-state index contributed by atoms with van der Waals surface area (Å²) in [5, 5.41) is 3.88. The average Bonchev–Trinajstić information content (AvgIpc) is 2.68. The molecule has 3 N–H and O–H groups in total. The van der Waals surface area contributed by atoms with Crippen LogP contribution in [-0.4, -0.2) is 79.1 Å². The molecule has 2 heterocycles. The van der Waals surface area contributed by atoms with Crippen molar-refractivity contribution in [2.45, 2.75) is 6.18 Å². The Labute approximate surface area is 171 Å². The van der Waals surface area contributed by atoms with Crippen LogP contribution in [-0.2, 0) is 0 Å². The zero-order valence-electron chi connectivity index (χ0n) is 15.8. The number of rotatable bonds is 7. The molecule has 1 aliphatic rings. The standard InChI is InChI=1S/C19H23ClF3N5O/c20-13-1-2-14-16(11-13)26-12-15(18(29)19(21,22)23)17(14)25-4-6-28-9-7-27(5-3-24)8-10-28/h1-2,11-12H,3-10,24H2,(H,25,26). The topological polar surface area (TPSA) is 74.5 Å². The van der Waals surface area contributed by atoms with Crippen LogP contribution in [0.3, 0.4) is 0 Å². The van der Waals surface area contributed by atoms with Gasteiger partial charge in [-0.25, -0.2) is 0 Å². The molecule has 1 aromatic heterocycles. The Kier molecular flexibility index (Phi) is 6.94. The fourth-order valence-corrected chi connectivity index (χ4v) is 3.61. The van der Waals surface area contributed by atoms with Gasteiger partial charge >= 0.3 is 6.18 Å². The Morgan fingerprint density at radius 3 is 2.45 bits per heavy atom. The van der Waals surface area contributed by atoms with Crippen LogP contribution in [0.25, 0.3) is 10.9 Å². The molecule has 0 radical (unpaired) electrons. The van der Waals surface area contributed by atoms with E-state index in [1.807, 2.05) is 0 Å². The van der Waals surface area contributed by atoms with Gasteiger partial charge in [-0.15, -0.1) is 0 Å². The Bertz CT molecular complexity index is 869. The van der Waals surface area contributed by atoms with Crippen molar-refractivity contribution in [2.75, 3.05) is 57.7 Å². The molecular formula is C19H23ClF3N5O. The van der Waals surface area contributed by atoms with Crippen molar-refractivity contribution < 1.29 is 18.0 Å². The van der Waals surface area contributed by atoms with Gasteiger partial charge in [-0.05, 0) is 18.2 Å². The fraction of sp³-hybridized carbons (Fsp3) is 0.474. The molecule has 3 rings (SSSR count). The largest absolute Gasteiger partial charge is 0.455 e. The number of nitrogens with zero attached hydrogens (tertiary/aromatic N) is 3. The van der Waals surface area contributed by atoms with Gasteiger partial charge in [0.25, 0.3) is 5.78 Å². The first-order valence-electron chi connectivity index (χ1n) is 9.38. The zero-order chi connectivity index (χ0) is 21.0. The molecule has 0 bridgehead atoms. The van der Waals surface area contributed by atoms with E-state index in [0.717, 1.165) is 38.9 Å². The lowest BCUT2D eigenvalue weighted by atomic mass is 10.1. The number of nitrogens with two attached hydrogens (primary N) is 1. The lowest BCUT2D eigenvalue weighted by Crippen LogP contribution is -2.48. The molecule has 2 aromatic rings. The van der Waals surface area contributed by atoms with Crippen LogP contribution < -0.4 is 11.1 Å². The minimum atomic E-state index is -4.97. The summed E-state index contributed by atoms with van der Waals surface area (Å²) in [6.45, 7) is 6.07. The van der Waals surface area contributed by atoms with Crippen molar-refractivity contribution in [1.29, 1.82) is 0 Å². The first-order chi connectivity index (χ1) is 13.8. The molecule has 0 unspecified atom stereocenters. The summed E-state index contributed by atoms with van der Waals surface area (Å²) < 4.78 is 39.1. The van der Waals surface area contributed by atoms with Crippen molar-refractivity contribution in [2.24, 2.45) is 5.73 Å². The van der Waals surface area contributed by atoms with Crippen molar-refractivity contribution in [3.63, 3.8) is 0 Å². The van der Waals surface area contributed by atoms with E-state index in [1.54, 1.807) is 18.2 Å². The molecule has 1 saturated heterocycles. The van der Waals surface area contributed by atoms with Crippen LogP contribution in [0.4, 0.5) is 18.9 Å². The summed E-state index contributed by atoms with van der Waals surface area (Å²) in [6, 6.07) is 4.70. The van der Waals surface area contributed by atoms with E-state index in [9.17, 15) is 18.0 Å². The number of benzene rings is 1. The molecule has 0 saturated carbocycles. The van der Waals surface area contributed by atoms with E-state index in [2.05, 4.69) is 20.1 Å². The number of hydrogen-bond acceptors (Lipinski definition) is 6. The van der Waals surface area contributed by atoms with Crippen LogP contribution in [0.15, 0.2) is 24.4 Å². The lowest BCUT2D eigenvalue weighted by Gasteiger charge is -2.34. The molecule has 0 atom stereocenters. The normalized spacial score (nSPS) is 16.3. The zero-order valence-corrected chi connectivity index (χ0v) is 16.6. The highest BCUT2D eigenvalue weighted by Gasteiger charge is 2.41. The minimum absolute atomic E-state index is 0.135. The second-order valence-corrected chi connectivity index (χ2v) is 7.37. The highest BCUT2D eigenvalue weighted by Crippen LogP contribution is 2.32. The number of carbonyl (C=O) groups is 1. The molecule has 1 aromatic carbocycles. The van der Waals surface area contributed by atoms with Crippen LogP contribution in [0.5, 0.6) is 0 Å². The predicted octanol–water partition coefficient (Wildman–Crippen LogP) is 2.62. The first-order valence-corrected chi connectivity index (χ1v) is 9.76. The van der Waals surface area contributed by atoms with Crippen molar-refractivity contribution >= 4 is 34.0 Å². The van der Waals surface area contributed by atoms with Crippen LogP contribution in [0.1, 0.15) is 10.4 Å². The maximum atomic E-state index is 13.0. The summed E-state index contributed by atoms with van der Waals surface area (Å²) in [5.74, 6) is -1.92. The molecule has 0 aliphatic carbocycles. The molecule has 1 fully saturated rings. The van der Waals surface area contributed by atoms with Gasteiger partial charge in [-0.3, -0.25) is 19.6 Å². The second kappa shape index (κ2) is 9.25. The van der Waals surface area contributed by atoms with Gasteiger partial charge in [0.15, 0.2) is 0 Å². The highest BCUT2D eigenvalue weighted by molar-refractivity contribution is 6.31. The molecule has 0 spiro atoms. The Balaban J connectivity index is 1.75. The van der Waals surface area contributed by atoms with Gasteiger partial charge in [0, 0.05) is 69.0 Å². The number of piperazine rings is 1. The summed E-state index contributed by atoms with van der Waals surface area (Å²) in [4.78, 5) is 20.4. The molecule has 6 nitrogen and oxygen atoms in total. The van der Waals surface area contributed by atoms with Crippen LogP contribution in [0, 0.1) is 0 Å². The average molecular weight is 430 g/mol. The van der Waals surface area contributed by atoms with Gasteiger partial charge in [-0.1, -0.05) is 11.6 Å². The number of carbonyl (C=O) groups excluding carboxylic acids is 1. The number of anilines is 1. The first kappa shape index (κ1) is 21.8. The summed E-state index contributed by atoms with van der Waals surface area (Å²) in [6.07, 6.45) is -4.01. The van der Waals surface area contributed by atoms with Crippen molar-refractivity contribution in [3.05, 3.63) is 35.0 Å². The summed E-state index contributed by atoms with van der Waals surface area (Å²) in [7, 11) is 0. The van der Waals surface area contributed by atoms with Gasteiger partial charge in [0.1, 0.15) is 0 Å². The molecule has 1 aliphatic heterocycles. The number of hydrogen-bond donors (Lipinski definition) is 2. The SMILES string of the molecule is NCCN1CCN(CCNc2c(C(=O)C(F)(F)F)cnc3cc(Cl)ccc23)CC1. The monoisotopic (exact) mass is 429 g/mol. The van der Waals surface area contributed by atoms with Crippen LogP contribution >= 0.6 is 11.6 Å². The predicted molar refractivity (Wildman–Crippen MR) is 108 cm³/mol. The van der Waals surface area contributed by atoms with E-state index in [0.29, 0.717) is 35.6 Å².